The molecule has 1 heterocycles. The van der Waals surface area contributed by atoms with Gasteiger partial charge in [-0.1, -0.05) is 0 Å². The normalized spacial score (nSPS) is 17.2. The van der Waals surface area contributed by atoms with Gasteiger partial charge in [0, 0.05) is 24.2 Å². The lowest BCUT2D eigenvalue weighted by atomic mass is 10.1. The fourth-order valence-electron chi connectivity index (χ4n) is 1.70. The summed E-state index contributed by atoms with van der Waals surface area (Å²) in [7, 11) is 0. The molecule has 17 heavy (non-hydrogen) atoms. The lowest BCUT2D eigenvalue weighted by molar-refractivity contribution is -0.385. The molecular weight excluding hydrogens is 228 g/mol. The van der Waals surface area contributed by atoms with Gasteiger partial charge in [0.2, 0.25) is 11.7 Å². The maximum absolute atomic E-state index is 10.9. The fourth-order valence-corrected chi connectivity index (χ4v) is 1.70. The van der Waals surface area contributed by atoms with E-state index >= 15 is 0 Å². The van der Waals surface area contributed by atoms with Crippen LogP contribution in [-0.4, -0.2) is 22.5 Å². The second-order valence-electron chi connectivity index (χ2n) is 3.68. The molecule has 1 aliphatic rings. The van der Waals surface area contributed by atoms with Crippen molar-refractivity contribution in [3.63, 3.8) is 0 Å². The smallest absolute Gasteiger partial charge is 0.313 e. The van der Waals surface area contributed by atoms with Crippen LogP contribution >= 0.6 is 0 Å². The molecule has 1 unspecified atom stereocenters. The van der Waals surface area contributed by atoms with Gasteiger partial charge in [-0.15, -0.1) is 0 Å². The number of carbonyl (C=O) groups is 1. The van der Waals surface area contributed by atoms with Crippen molar-refractivity contribution >= 4 is 17.3 Å². The monoisotopic (exact) mass is 238 g/mol. The molecule has 0 aromatic heterocycles. The average molecular weight is 238 g/mol. The summed E-state index contributed by atoms with van der Waals surface area (Å²) in [6.45, 7) is 1.28. The number of nitrogens with one attached hydrogen (secondary N) is 1. The van der Waals surface area contributed by atoms with E-state index in [0.29, 0.717) is 5.56 Å². The van der Waals surface area contributed by atoms with E-state index in [2.05, 4.69) is 5.32 Å². The van der Waals surface area contributed by atoms with E-state index < -0.39 is 11.0 Å². The number of carbonyl (C=O) groups excluding carboxylic acids is 1. The van der Waals surface area contributed by atoms with E-state index in [1.54, 1.807) is 0 Å². The zero-order valence-corrected chi connectivity index (χ0v) is 8.97. The van der Waals surface area contributed by atoms with E-state index in [9.17, 15) is 20.0 Å². The molecule has 7 nitrogen and oxygen atoms in total. The first-order valence-corrected chi connectivity index (χ1v) is 4.90. The number of hydrogen-bond acceptors (Lipinski definition) is 5. The number of amides is 1. The minimum Gasteiger partial charge on any atom is -0.483 e. The molecule has 0 radical (unpaired) electrons. The van der Waals surface area contributed by atoms with Crippen LogP contribution < -0.4 is 10.1 Å². The van der Waals surface area contributed by atoms with E-state index in [1.807, 2.05) is 0 Å². The summed E-state index contributed by atoms with van der Waals surface area (Å²) < 4.78 is 5.06. The largest absolute Gasteiger partial charge is 0.483 e. The van der Waals surface area contributed by atoms with Crippen molar-refractivity contribution in [2.75, 3.05) is 11.9 Å². The number of hydrogen-bond donors (Lipinski definition) is 2. The molecule has 1 aliphatic heterocycles. The number of aliphatic hydroxyl groups is 1. The van der Waals surface area contributed by atoms with E-state index in [1.165, 1.54) is 19.1 Å². The molecule has 0 spiro atoms. The third kappa shape index (κ3) is 2.04. The van der Waals surface area contributed by atoms with Crippen molar-refractivity contribution in [2.24, 2.45) is 0 Å². The molecule has 2 rings (SSSR count). The van der Waals surface area contributed by atoms with Gasteiger partial charge in [0.1, 0.15) is 12.7 Å². The van der Waals surface area contributed by atoms with E-state index in [0.717, 1.165) is 0 Å². The molecule has 0 aliphatic carbocycles. The van der Waals surface area contributed by atoms with Crippen LogP contribution in [0.25, 0.3) is 0 Å². The van der Waals surface area contributed by atoms with Crippen molar-refractivity contribution < 1.29 is 19.6 Å². The molecule has 0 saturated carbocycles. The lowest BCUT2D eigenvalue weighted by Crippen LogP contribution is -2.07. The highest BCUT2D eigenvalue weighted by atomic mass is 16.6. The zero-order chi connectivity index (χ0) is 12.6. The summed E-state index contributed by atoms with van der Waals surface area (Å²) in [5.74, 6) is -0.274. The highest BCUT2D eigenvalue weighted by molar-refractivity contribution is 5.89. The Hall–Kier alpha value is -2.15. The summed E-state index contributed by atoms with van der Waals surface area (Å²) in [6.07, 6.45) is -0.905. The number of anilines is 1. The van der Waals surface area contributed by atoms with Crippen molar-refractivity contribution in [2.45, 2.75) is 13.0 Å². The Morgan fingerprint density at radius 2 is 2.35 bits per heavy atom. The second kappa shape index (κ2) is 4.02. The van der Waals surface area contributed by atoms with Gasteiger partial charge in [0.15, 0.2) is 0 Å². The number of nitrogens with zero attached hydrogens (tertiary/aromatic N) is 1. The van der Waals surface area contributed by atoms with Gasteiger partial charge in [-0.25, -0.2) is 0 Å². The van der Waals surface area contributed by atoms with Gasteiger partial charge in [-0.2, -0.15) is 0 Å². The standard InChI is InChI=1S/C10H10N2O5/c1-5(13)11-6-2-7-9(14)4-17-10(7)8(3-6)12(15)16/h2-3,9,14H,4H2,1H3,(H,11,13). The third-order valence-corrected chi connectivity index (χ3v) is 2.36. The van der Waals surface area contributed by atoms with E-state index in [-0.39, 0.29) is 29.6 Å². The van der Waals surface area contributed by atoms with Gasteiger partial charge >= 0.3 is 5.69 Å². The highest BCUT2D eigenvalue weighted by Crippen LogP contribution is 2.42. The van der Waals surface area contributed by atoms with Gasteiger partial charge in [-0.3, -0.25) is 14.9 Å². The molecule has 7 heteroatoms. The molecule has 1 aromatic rings. The molecule has 0 bridgehead atoms. The first kappa shape index (κ1) is 11.3. The predicted octanol–water partition coefficient (Wildman–Crippen LogP) is 0.979. The van der Waals surface area contributed by atoms with Gasteiger partial charge in [0.05, 0.1) is 4.92 Å². The Balaban J connectivity index is 2.52. The Labute approximate surface area is 96.2 Å². The van der Waals surface area contributed by atoms with Crippen LogP contribution in [-0.2, 0) is 4.79 Å². The predicted molar refractivity (Wildman–Crippen MR) is 57.9 cm³/mol. The number of nitro benzene ring substituents is 1. The van der Waals surface area contributed by atoms with Crippen LogP contribution in [0.3, 0.4) is 0 Å². The van der Waals surface area contributed by atoms with Crippen LogP contribution in [0.5, 0.6) is 5.75 Å². The Kier molecular flexibility index (Phi) is 2.68. The maximum Gasteiger partial charge on any atom is 0.313 e. The summed E-state index contributed by atoms with van der Waals surface area (Å²) in [5, 5.41) is 22.9. The third-order valence-electron chi connectivity index (χ3n) is 2.36. The van der Waals surface area contributed by atoms with Crippen LogP contribution in [0.4, 0.5) is 11.4 Å². The maximum atomic E-state index is 10.9. The number of nitro groups is 1. The molecule has 1 atom stereocenters. The van der Waals surface area contributed by atoms with Crippen LogP contribution in [0.1, 0.15) is 18.6 Å². The summed E-state index contributed by atoms with van der Waals surface area (Å²) in [4.78, 5) is 21.1. The Bertz CT molecular complexity index is 500. The SMILES string of the molecule is CC(=O)Nc1cc2c(c([N+](=O)[O-])c1)OCC2O. The molecule has 2 N–H and O–H groups in total. The van der Waals surface area contributed by atoms with Crippen LogP contribution in [0.2, 0.25) is 0 Å². The first-order valence-electron chi connectivity index (χ1n) is 4.90. The highest BCUT2D eigenvalue weighted by Gasteiger charge is 2.31. The number of ether oxygens (including phenoxy) is 1. The quantitative estimate of drug-likeness (QED) is 0.590. The molecule has 1 aromatic carbocycles. The summed E-state index contributed by atoms with van der Waals surface area (Å²) >= 11 is 0. The van der Waals surface area contributed by atoms with Crippen molar-refractivity contribution in [1.29, 1.82) is 0 Å². The molecule has 0 fully saturated rings. The average Bonchev–Trinajstić information content (AvgIpc) is 2.59. The summed E-state index contributed by atoms with van der Waals surface area (Å²) in [6, 6.07) is 2.68. The fraction of sp³-hybridized carbons (Fsp3) is 0.300. The number of rotatable bonds is 2. The zero-order valence-electron chi connectivity index (χ0n) is 8.97. The molecular formula is C10H10N2O5. The first-order chi connectivity index (χ1) is 7.99. The second-order valence-corrected chi connectivity index (χ2v) is 3.68. The van der Waals surface area contributed by atoms with Crippen LogP contribution in [0, 0.1) is 10.1 Å². The van der Waals surface area contributed by atoms with Crippen molar-refractivity contribution in [3.8, 4) is 5.75 Å². The van der Waals surface area contributed by atoms with Gasteiger partial charge < -0.3 is 15.2 Å². The number of fused-ring (bicyclic) bond motifs is 1. The molecule has 1 amide bonds. The topological polar surface area (TPSA) is 102 Å². The van der Waals surface area contributed by atoms with Gasteiger partial charge in [0.25, 0.3) is 0 Å². The number of benzene rings is 1. The van der Waals surface area contributed by atoms with Crippen LogP contribution in [0.15, 0.2) is 12.1 Å². The molecule has 90 valence electrons. The molecule has 0 saturated heterocycles. The van der Waals surface area contributed by atoms with Gasteiger partial charge in [-0.05, 0) is 6.07 Å². The Morgan fingerprint density at radius 3 is 2.94 bits per heavy atom. The van der Waals surface area contributed by atoms with Crippen molar-refractivity contribution in [1.82, 2.24) is 0 Å². The minimum atomic E-state index is -0.905. The van der Waals surface area contributed by atoms with Crippen molar-refractivity contribution in [3.05, 3.63) is 27.8 Å². The Morgan fingerprint density at radius 1 is 1.65 bits per heavy atom. The summed E-state index contributed by atoms with van der Waals surface area (Å²) in [5.41, 5.74) is 0.332. The number of aliphatic hydroxyl groups excluding tert-OH is 1. The minimum absolute atomic E-state index is 0.0142. The lowest BCUT2D eigenvalue weighted by Gasteiger charge is -2.06. The van der Waals surface area contributed by atoms with E-state index in [4.69, 9.17) is 4.74 Å².